The summed E-state index contributed by atoms with van der Waals surface area (Å²) in [4.78, 5) is 76.8. The molecule has 2 atom stereocenters. The predicted octanol–water partition coefficient (Wildman–Crippen LogP) is -0.0247. The van der Waals surface area contributed by atoms with Crippen molar-refractivity contribution in [2.75, 3.05) is 0 Å². The lowest BCUT2D eigenvalue weighted by atomic mass is 9.73. The molecule has 2 bridgehead atoms. The molecule has 3 amide bonds. The second kappa shape index (κ2) is 8.89. The molecular formula is C19H23N3O8. The summed E-state index contributed by atoms with van der Waals surface area (Å²) >= 11 is 0. The number of rotatable bonds is 4. The van der Waals surface area contributed by atoms with Crippen molar-refractivity contribution in [3.63, 3.8) is 0 Å². The van der Waals surface area contributed by atoms with E-state index in [0.717, 1.165) is 18.9 Å². The summed E-state index contributed by atoms with van der Waals surface area (Å²) in [5.74, 6) is -4.42. The van der Waals surface area contributed by atoms with E-state index in [0.29, 0.717) is 0 Å². The maximum absolute atomic E-state index is 12.4. The van der Waals surface area contributed by atoms with Crippen molar-refractivity contribution in [3.05, 3.63) is 22.7 Å². The summed E-state index contributed by atoms with van der Waals surface area (Å²) in [6.07, 6.45) is -0.299. The summed E-state index contributed by atoms with van der Waals surface area (Å²) in [6.45, 7) is 5.84. The van der Waals surface area contributed by atoms with E-state index in [9.17, 15) is 28.8 Å². The van der Waals surface area contributed by atoms with Gasteiger partial charge in [-0.2, -0.15) is 5.06 Å². The summed E-state index contributed by atoms with van der Waals surface area (Å²) in [5.41, 5.74) is 0.226. The Labute approximate surface area is 172 Å². The van der Waals surface area contributed by atoms with Crippen LogP contribution < -0.4 is 10.6 Å². The Bertz CT molecular complexity index is 901. The molecule has 0 aromatic heterocycles. The maximum atomic E-state index is 12.4. The highest BCUT2D eigenvalue weighted by atomic mass is 16.7. The quantitative estimate of drug-likeness (QED) is 0.475. The molecule has 2 aliphatic carbocycles. The summed E-state index contributed by atoms with van der Waals surface area (Å²) in [5, 5.41) is 5.87. The number of Topliss-reactive ketones (excluding diaryl/α,β-unsaturated/α-hetero) is 1. The molecule has 1 fully saturated rings. The van der Waals surface area contributed by atoms with E-state index in [-0.39, 0.29) is 41.4 Å². The Morgan fingerprint density at radius 3 is 2.00 bits per heavy atom. The zero-order chi connectivity index (χ0) is 22.7. The first kappa shape index (κ1) is 22.8. The van der Waals surface area contributed by atoms with E-state index in [2.05, 4.69) is 10.6 Å². The average Bonchev–Trinajstić information content (AvgIpc) is 2.58. The molecule has 162 valence electrons. The van der Waals surface area contributed by atoms with Gasteiger partial charge in [-0.1, -0.05) is 0 Å². The van der Waals surface area contributed by atoms with Gasteiger partial charge in [-0.25, -0.2) is 0 Å². The molecule has 0 aromatic rings. The highest BCUT2D eigenvalue weighted by Gasteiger charge is 2.49. The number of esters is 1. The third kappa shape index (κ3) is 4.91. The number of carbonyl (C=O) groups excluding carboxylic acids is 6. The van der Waals surface area contributed by atoms with Crippen LogP contribution in [0.4, 0.5) is 0 Å². The molecule has 2 unspecified atom stereocenters. The number of ether oxygens (including phenoxy) is 1. The minimum Gasteiger partial charge on any atom is -0.423 e. The molecule has 0 radical (unpaired) electrons. The Morgan fingerprint density at radius 2 is 1.53 bits per heavy atom. The van der Waals surface area contributed by atoms with Gasteiger partial charge in [0.15, 0.2) is 5.76 Å². The normalized spacial score (nSPS) is 20.4. The van der Waals surface area contributed by atoms with Gasteiger partial charge in [-0.3, -0.25) is 28.8 Å². The second-order valence-electron chi connectivity index (χ2n) is 7.00. The van der Waals surface area contributed by atoms with Crippen LogP contribution >= 0.6 is 0 Å². The summed E-state index contributed by atoms with van der Waals surface area (Å²) in [7, 11) is 0. The summed E-state index contributed by atoms with van der Waals surface area (Å²) < 4.78 is 5.29. The van der Waals surface area contributed by atoms with E-state index < -0.39 is 41.6 Å². The van der Waals surface area contributed by atoms with Gasteiger partial charge < -0.3 is 20.2 Å². The Kier molecular flexibility index (Phi) is 6.75. The number of carbonyl (C=O) groups is 6. The van der Waals surface area contributed by atoms with Gasteiger partial charge >= 0.3 is 11.9 Å². The van der Waals surface area contributed by atoms with Crippen LogP contribution in [0, 0.1) is 5.92 Å². The van der Waals surface area contributed by atoms with Gasteiger partial charge in [-0.15, -0.1) is 0 Å². The number of hydrogen-bond acceptors (Lipinski definition) is 8. The number of hydroxylamine groups is 2. The highest BCUT2D eigenvalue weighted by molar-refractivity contribution is 5.88. The number of ketones is 1. The molecule has 11 nitrogen and oxygen atoms in total. The van der Waals surface area contributed by atoms with E-state index in [1.807, 2.05) is 0 Å². The third-order valence-corrected chi connectivity index (χ3v) is 4.38. The lowest BCUT2D eigenvalue weighted by molar-refractivity contribution is -0.205. The number of amides is 3. The first-order chi connectivity index (χ1) is 13.9. The fourth-order valence-electron chi connectivity index (χ4n) is 3.60. The van der Waals surface area contributed by atoms with Crippen LogP contribution in [0.3, 0.4) is 0 Å². The zero-order valence-corrected chi connectivity index (χ0v) is 17.3. The lowest BCUT2D eigenvalue weighted by Gasteiger charge is -2.43. The van der Waals surface area contributed by atoms with Crippen LogP contribution in [0.2, 0.25) is 0 Å². The molecule has 2 aliphatic rings. The standard InChI is InChI=1S/C19H23N3O8/c1-8(23)20-16-14-6-13(28)7-15(18(14)22(10(3)25)30-12(5)27)17(21-9(2)24)19(16)29-11(4)26/h14,18H,6-7H2,1-5H3,(H,20,23)(H,21,24). The lowest BCUT2D eigenvalue weighted by Crippen LogP contribution is -2.54. The molecule has 0 spiro atoms. The van der Waals surface area contributed by atoms with Gasteiger partial charge in [-0.05, 0) is 5.57 Å². The Hall–Kier alpha value is -3.50. The van der Waals surface area contributed by atoms with E-state index in [4.69, 9.17) is 9.57 Å². The molecule has 11 heteroatoms. The van der Waals surface area contributed by atoms with Crippen molar-refractivity contribution < 1.29 is 38.3 Å². The van der Waals surface area contributed by atoms with Gasteiger partial charge in [0.25, 0.3) is 5.91 Å². The van der Waals surface area contributed by atoms with Crippen LogP contribution in [0.5, 0.6) is 0 Å². The van der Waals surface area contributed by atoms with Gasteiger partial charge in [0, 0.05) is 53.4 Å². The number of hydrogen-bond donors (Lipinski definition) is 2. The SMILES string of the molecule is CC(=O)NC1=C2CC(=O)CC(C(NC(C)=O)=C1OC(C)=O)C2N(OC(C)=O)C(C)=O. The topological polar surface area (TPSA) is 148 Å². The Morgan fingerprint density at radius 1 is 0.933 bits per heavy atom. The number of nitrogens with one attached hydrogen (secondary N) is 2. The first-order valence-electron chi connectivity index (χ1n) is 9.13. The molecular weight excluding hydrogens is 398 g/mol. The van der Waals surface area contributed by atoms with Crippen LogP contribution in [-0.4, -0.2) is 46.5 Å². The average molecular weight is 421 g/mol. The van der Waals surface area contributed by atoms with Crippen molar-refractivity contribution >= 4 is 35.4 Å². The fraction of sp³-hybridized carbons (Fsp3) is 0.474. The molecule has 2 N–H and O–H groups in total. The second-order valence-corrected chi connectivity index (χ2v) is 7.00. The van der Waals surface area contributed by atoms with Crippen molar-refractivity contribution in [2.24, 2.45) is 5.92 Å². The first-order valence-corrected chi connectivity index (χ1v) is 9.13. The van der Waals surface area contributed by atoms with Crippen molar-refractivity contribution in [1.29, 1.82) is 0 Å². The van der Waals surface area contributed by atoms with Gasteiger partial charge in [0.05, 0.1) is 11.4 Å². The number of nitrogens with zero attached hydrogens (tertiary/aromatic N) is 1. The molecule has 0 saturated heterocycles. The highest BCUT2D eigenvalue weighted by Crippen LogP contribution is 2.43. The molecule has 30 heavy (non-hydrogen) atoms. The van der Waals surface area contributed by atoms with Crippen molar-refractivity contribution in [2.45, 2.75) is 53.5 Å². The largest absolute Gasteiger partial charge is 0.423 e. The minimum atomic E-state index is -0.993. The zero-order valence-electron chi connectivity index (χ0n) is 17.3. The monoisotopic (exact) mass is 421 g/mol. The predicted molar refractivity (Wildman–Crippen MR) is 99.3 cm³/mol. The van der Waals surface area contributed by atoms with E-state index in [1.54, 1.807) is 0 Å². The maximum Gasteiger partial charge on any atom is 0.329 e. The van der Waals surface area contributed by atoms with E-state index in [1.165, 1.54) is 20.8 Å². The summed E-state index contributed by atoms with van der Waals surface area (Å²) in [6, 6.07) is -0.993. The van der Waals surface area contributed by atoms with E-state index >= 15 is 0 Å². The van der Waals surface area contributed by atoms with Crippen molar-refractivity contribution in [3.8, 4) is 0 Å². The molecule has 2 rings (SSSR count). The third-order valence-electron chi connectivity index (χ3n) is 4.38. The van der Waals surface area contributed by atoms with Gasteiger partial charge in [0.2, 0.25) is 11.8 Å². The van der Waals surface area contributed by atoms with Gasteiger partial charge in [0.1, 0.15) is 11.8 Å². The van der Waals surface area contributed by atoms with Crippen molar-refractivity contribution in [1.82, 2.24) is 15.7 Å². The molecule has 0 heterocycles. The Balaban J connectivity index is 2.80. The molecule has 1 saturated carbocycles. The molecule has 0 aliphatic heterocycles. The van der Waals surface area contributed by atoms with Crippen LogP contribution in [-0.2, 0) is 38.3 Å². The minimum absolute atomic E-state index is 0.0293. The van der Waals surface area contributed by atoms with Crippen LogP contribution in [0.25, 0.3) is 0 Å². The molecule has 0 aromatic carbocycles. The smallest absolute Gasteiger partial charge is 0.329 e. The fourth-order valence-corrected chi connectivity index (χ4v) is 3.60. The number of fused-ring (bicyclic) bond motifs is 2. The van der Waals surface area contributed by atoms with Crippen LogP contribution in [0.1, 0.15) is 47.5 Å². The van der Waals surface area contributed by atoms with Crippen LogP contribution in [0.15, 0.2) is 22.7 Å².